The zero-order valence-electron chi connectivity index (χ0n) is 15.9. The van der Waals surface area contributed by atoms with Gasteiger partial charge in [0.15, 0.2) is 0 Å². The Balaban J connectivity index is 1.38. The van der Waals surface area contributed by atoms with E-state index in [1.807, 2.05) is 12.1 Å². The number of unbranched alkanes of at least 4 members (excludes halogenated alkanes) is 3. The molecule has 142 valence electrons. The third kappa shape index (κ3) is 4.53. The van der Waals surface area contributed by atoms with Crippen LogP contribution in [-0.2, 0) is 4.74 Å². The van der Waals surface area contributed by atoms with Crippen LogP contribution < -0.4 is 0 Å². The summed E-state index contributed by atoms with van der Waals surface area (Å²) >= 11 is 0. The first-order valence-electron chi connectivity index (χ1n) is 10.2. The average Bonchev–Trinajstić information content (AvgIpc) is 2.91. The van der Waals surface area contributed by atoms with Crippen molar-refractivity contribution in [2.75, 3.05) is 19.8 Å². The molecule has 0 atom stereocenters. The van der Waals surface area contributed by atoms with Gasteiger partial charge in [0.2, 0.25) is 0 Å². The van der Waals surface area contributed by atoms with Crippen molar-refractivity contribution < 1.29 is 14.3 Å². The predicted molar refractivity (Wildman–Crippen MR) is 102 cm³/mol. The average molecular weight is 357 g/mol. The number of imide groups is 1. The molecule has 0 N–H and O–H groups in total. The van der Waals surface area contributed by atoms with Crippen LogP contribution in [0.3, 0.4) is 0 Å². The van der Waals surface area contributed by atoms with Gasteiger partial charge in [-0.25, -0.2) is 0 Å². The summed E-state index contributed by atoms with van der Waals surface area (Å²) in [4.78, 5) is 26.4. The zero-order valence-corrected chi connectivity index (χ0v) is 15.9. The third-order valence-corrected chi connectivity index (χ3v) is 5.78. The molecule has 4 heteroatoms. The van der Waals surface area contributed by atoms with Gasteiger partial charge >= 0.3 is 0 Å². The molecule has 0 aromatic heterocycles. The second-order valence-electron chi connectivity index (χ2n) is 7.79. The van der Waals surface area contributed by atoms with Crippen molar-refractivity contribution in [1.29, 1.82) is 0 Å². The molecule has 4 nitrogen and oxygen atoms in total. The molecule has 26 heavy (non-hydrogen) atoms. The van der Waals surface area contributed by atoms with Crippen LogP contribution in [-0.4, -0.2) is 36.5 Å². The molecule has 3 rings (SSSR count). The number of ether oxygens (including phenoxy) is 1. The van der Waals surface area contributed by atoms with E-state index in [0.717, 1.165) is 38.9 Å². The fourth-order valence-electron chi connectivity index (χ4n) is 4.12. The van der Waals surface area contributed by atoms with Crippen LogP contribution in [0, 0.1) is 11.8 Å². The number of hydrogen-bond donors (Lipinski definition) is 0. The SMILES string of the molecule is CCCCCCOCC1CCC(CN2C(=O)c3ccccc3C2=O)CC1. The monoisotopic (exact) mass is 357 g/mol. The van der Waals surface area contributed by atoms with E-state index in [-0.39, 0.29) is 11.8 Å². The Kier molecular flexibility index (Phi) is 6.84. The molecule has 0 saturated heterocycles. The van der Waals surface area contributed by atoms with E-state index in [1.54, 1.807) is 12.1 Å². The first kappa shape index (κ1) is 19.1. The number of nitrogens with zero attached hydrogens (tertiary/aromatic N) is 1. The Morgan fingerprint density at radius 3 is 2.15 bits per heavy atom. The van der Waals surface area contributed by atoms with Gasteiger partial charge in [-0.3, -0.25) is 14.5 Å². The van der Waals surface area contributed by atoms with Crippen LogP contribution in [0.4, 0.5) is 0 Å². The molecule has 0 spiro atoms. The highest BCUT2D eigenvalue weighted by Gasteiger charge is 2.36. The predicted octanol–water partition coefficient (Wildman–Crippen LogP) is 4.69. The largest absolute Gasteiger partial charge is 0.381 e. The number of benzene rings is 1. The molecule has 2 amide bonds. The normalized spacial score (nSPS) is 22.7. The lowest BCUT2D eigenvalue weighted by Crippen LogP contribution is -2.36. The fraction of sp³-hybridized carbons (Fsp3) is 0.636. The van der Waals surface area contributed by atoms with Gasteiger partial charge in [0.25, 0.3) is 11.8 Å². The van der Waals surface area contributed by atoms with E-state index >= 15 is 0 Å². The molecular weight excluding hydrogens is 326 g/mol. The maximum Gasteiger partial charge on any atom is 0.261 e. The van der Waals surface area contributed by atoms with Gasteiger partial charge in [0.05, 0.1) is 11.1 Å². The van der Waals surface area contributed by atoms with E-state index in [4.69, 9.17) is 4.74 Å². The van der Waals surface area contributed by atoms with E-state index in [0.29, 0.717) is 29.5 Å². The van der Waals surface area contributed by atoms with Crippen LogP contribution >= 0.6 is 0 Å². The van der Waals surface area contributed by atoms with E-state index < -0.39 is 0 Å². The second-order valence-corrected chi connectivity index (χ2v) is 7.79. The standard InChI is InChI=1S/C22H31NO3/c1-2-3-4-7-14-26-16-18-12-10-17(11-13-18)15-23-21(24)19-8-5-6-9-20(19)22(23)25/h5-6,8-9,17-18H,2-4,7,10-16H2,1H3. The number of carbonyl (C=O) groups excluding carboxylic acids is 2. The Morgan fingerprint density at radius 1 is 0.923 bits per heavy atom. The van der Waals surface area contributed by atoms with Crippen LogP contribution in [0.25, 0.3) is 0 Å². The van der Waals surface area contributed by atoms with Gasteiger partial charge in [-0.2, -0.15) is 0 Å². The fourth-order valence-corrected chi connectivity index (χ4v) is 4.12. The van der Waals surface area contributed by atoms with Crippen molar-refractivity contribution in [3.05, 3.63) is 35.4 Å². The molecule has 1 aromatic carbocycles. The Bertz CT molecular complexity index is 585. The van der Waals surface area contributed by atoms with Gasteiger partial charge < -0.3 is 4.74 Å². The zero-order chi connectivity index (χ0) is 18.4. The Morgan fingerprint density at radius 2 is 1.54 bits per heavy atom. The Hall–Kier alpha value is -1.68. The lowest BCUT2D eigenvalue weighted by molar-refractivity contribution is 0.0555. The molecule has 1 heterocycles. The van der Waals surface area contributed by atoms with Crippen molar-refractivity contribution in [2.24, 2.45) is 11.8 Å². The quantitative estimate of drug-likeness (QED) is 0.476. The van der Waals surface area contributed by atoms with Crippen LogP contribution in [0.5, 0.6) is 0 Å². The van der Waals surface area contributed by atoms with Crippen molar-refractivity contribution in [3.63, 3.8) is 0 Å². The highest BCUT2D eigenvalue weighted by atomic mass is 16.5. The highest BCUT2D eigenvalue weighted by Crippen LogP contribution is 2.32. The molecular formula is C22H31NO3. The minimum absolute atomic E-state index is 0.122. The molecule has 0 bridgehead atoms. The maximum atomic E-state index is 12.5. The molecule has 0 unspecified atom stereocenters. The van der Waals surface area contributed by atoms with Crippen molar-refractivity contribution in [2.45, 2.75) is 58.3 Å². The van der Waals surface area contributed by atoms with E-state index in [9.17, 15) is 9.59 Å². The molecule has 1 saturated carbocycles. The summed E-state index contributed by atoms with van der Waals surface area (Å²) in [6.07, 6.45) is 9.44. The van der Waals surface area contributed by atoms with Crippen molar-refractivity contribution in [3.8, 4) is 0 Å². The van der Waals surface area contributed by atoms with Gasteiger partial charge in [-0.05, 0) is 56.1 Å². The number of fused-ring (bicyclic) bond motifs is 1. The van der Waals surface area contributed by atoms with Crippen molar-refractivity contribution >= 4 is 11.8 Å². The van der Waals surface area contributed by atoms with Gasteiger partial charge in [-0.1, -0.05) is 38.3 Å². The molecule has 1 aliphatic heterocycles. The summed E-state index contributed by atoms with van der Waals surface area (Å²) in [7, 11) is 0. The number of hydrogen-bond acceptors (Lipinski definition) is 3. The summed E-state index contributed by atoms with van der Waals surface area (Å²) < 4.78 is 5.85. The topological polar surface area (TPSA) is 46.6 Å². The van der Waals surface area contributed by atoms with Crippen LogP contribution in [0.1, 0.15) is 79.0 Å². The summed E-state index contributed by atoms with van der Waals surface area (Å²) in [5, 5.41) is 0. The lowest BCUT2D eigenvalue weighted by Gasteiger charge is -2.30. The molecule has 2 aliphatic rings. The highest BCUT2D eigenvalue weighted by molar-refractivity contribution is 6.21. The molecule has 1 aliphatic carbocycles. The van der Waals surface area contributed by atoms with E-state index in [1.165, 1.54) is 30.6 Å². The molecule has 1 aromatic rings. The van der Waals surface area contributed by atoms with Gasteiger partial charge in [0, 0.05) is 19.8 Å². The summed E-state index contributed by atoms with van der Waals surface area (Å²) in [6.45, 7) is 4.54. The second kappa shape index (κ2) is 9.31. The minimum Gasteiger partial charge on any atom is -0.381 e. The van der Waals surface area contributed by atoms with E-state index in [2.05, 4.69) is 6.92 Å². The Labute approximate surface area is 156 Å². The minimum atomic E-state index is -0.122. The van der Waals surface area contributed by atoms with Crippen LogP contribution in [0.2, 0.25) is 0 Å². The third-order valence-electron chi connectivity index (χ3n) is 5.78. The van der Waals surface area contributed by atoms with Gasteiger partial charge in [0.1, 0.15) is 0 Å². The summed E-state index contributed by atoms with van der Waals surface area (Å²) in [5.41, 5.74) is 1.12. The van der Waals surface area contributed by atoms with Gasteiger partial charge in [-0.15, -0.1) is 0 Å². The van der Waals surface area contributed by atoms with Crippen molar-refractivity contribution in [1.82, 2.24) is 4.90 Å². The summed E-state index contributed by atoms with van der Waals surface area (Å²) in [5.74, 6) is 0.823. The first-order chi connectivity index (χ1) is 12.7. The number of rotatable bonds is 9. The first-order valence-corrected chi connectivity index (χ1v) is 10.2. The number of carbonyl (C=O) groups is 2. The summed E-state index contributed by atoms with van der Waals surface area (Å²) in [6, 6.07) is 7.15. The maximum absolute atomic E-state index is 12.5. The molecule has 0 radical (unpaired) electrons. The lowest BCUT2D eigenvalue weighted by atomic mass is 9.82. The molecule has 1 fully saturated rings. The number of amides is 2. The smallest absolute Gasteiger partial charge is 0.261 e. The van der Waals surface area contributed by atoms with Crippen LogP contribution in [0.15, 0.2) is 24.3 Å².